The van der Waals surface area contributed by atoms with E-state index < -0.39 is 5.54 Å². The zero-order valence-corrected chi connectivity index (χ0v) is 11.9. The Hall–Kier alpha value is -0.630. The Balaban J connectivity index is 2.61. The van der Waals surface area contributed by atoms with Gasteiger partial charge in [-0.2, -0.15) is 5.26 Å². The van der Waals surface area contributed by atoms with Crippen molar-refractivity contribution < 1.29 is 0 Å². The molecule has 1 fully saturated rings. The number of nitrogens with one attached hydrogen (secondary N) is 1. The molecule has 4 nitrogen and oxygen atoms in total. The van der Waals surface area contributed by atoms with E-state index in [0.29, 0.717) is 0 Å². The van der Waals surface area contributed by atoms with Gasteiger partial charge in [-0.05, 0) is 34.4 Å². The van der Waals surface area contributed by atoms with E-state index in [1.165, 1.54) is 0 Å². The molecule has 0 aromatic rings. The van der Waals surface area contributed by atoms with Gasteiger partial charge in [0.15, 0.2) is 0 Å². The first-order valence-corrected chi connectivity index (χ1v) is 6.43. The quantitative estimate of drug-likeness (QED) is 0.790. The van der Waals surface area contributed by atoms with E-state index in [0.717, 1.165) is 32.7 Å². The highest BCUT2D eigenvalue weighted by molar-refractivity contribution is 5.06. The molecule has 4 heteroatoms. The molecule has 0 aliphatic carbocycles. The van der Waals surface area contributed by atoms with Crippen molar-refractivity contribution in [3.05, 3.63) is 0 Å². The number of hydrogen-bond donors (Lipinski definition) is 1. The third-order valence-electron chi connectivity index (χ3n) is 3.75. The molecular weight excluding hydrogens is 212 g/mol. The van der Waals surface area contributed by atoms with Crippen molar-refractivity contribution >= 4 is 0 Å². The molecule has 1 aliphatic heterocycles. The largest absolute Gasteiger partial charge is 0.299 e. The van der Waals surface area contributed by atoms with Gasteiger partial charge in [0.25, 0.3) is 0 Å². The standard InChI is InChI=1S/C13H26N4/c1-6-15-13(4,9-14)11-17-8-7-16(5)12(2,3)10-17/h15H,6-8,10-11H2,1-5H3. The molecule has 1 rings (SSSR count). The second-order valence-electron chi connectivity index (χ2n) is 5.92. The molecule has 0 aromatic carbocycles. The van der Waals surface area contributed by atoms with Crippen LogP contribution in [0.25, 0.3) is 0 Å². The monoisotopic (exact) mass is 238 g/mol. The molecule has 1 N–H and O–H groups in total. The van der Waals surface area contributed by atoms with Crippen LogP contribution in [0.15, 0.2) is 0 Å². The van der Waals surface area contributed by atoms with Gasteiger partial charge in [-0.25, -0.2) is 0 Å². The first-order valence-electron chi connectivity index (χ1n) is 6.43. The third-order valence-corrected chi connectivity index (χ3v) is 3.75. The number of piperazine rings is 1. The minimum absolute atomic E-state index is 0.195. The van der Waals surface area contributed by atoms with Gasteiger partial charge in [0.1, 0.15) is 5.54 Å². The average molecular weight is 238 g/mol. The highest BCUT2D eigenvalue weighted by Gasteiger charge is 2.34. The van der Waals surface area contributed by atoms with Crippen LogP contribution in [-0.2, 0) is 0 Å². The Morgan fingerprint density at radius 3 is 2.53 bits per heavy atom. The van der Waals surface area contributed by atoms with E-state index in [-0.39, 0.29) is 5.54 Å². The van der Waals surface area contributed by atoms with Gasteiger partial charge >= 0.3 is 0 Å². The predicted molar refractivity (Wildman–Crippen MR) is 70.8 cm³/mol. The summed E-state index contributed by atoms with van der Waals surface area (Å²) in [4.78, 5) is 4.78. The molecule has 0 amide bonds. The number of rotatable bonds is 4. The van der Waals surface area contributed by atoms with Crippen LogP contribution in [-0.4, -0.2) is 60.6 Å². The van der Waals surface area contributed by atoms with E-state index in [9.17, 15) is 5.26 Å². The fraction of sp³-hybridized carbons (Fsp3) is 0.923. The summed E-state index contributed by atoms with van der Waals surface area (Å²) in [5.41, 5.74) is -0.235. The lowest BCUT2D eigenvalue weighted by atomic mass is 9.97. The van der Waals surface area contributed by atoms with Crippen LogP contribution in [0.2, 0.25) is 0 Å². The first-order chi connectivity index (χ1) is 7.83. The van der Waals surface area contributed by atoms with Gasteiger partial charge in [-0.3, -0.25) is 15.1 Å². The Bertz CT molecular complexity index is 294. The molecule has 1 heterocycles. The number of hydrogen-bond acceptors (Lipinski definition) is 4. The Labute approximate surface area is 106 Å². The van der Waals surface area contributed by atoms with Gasteiger partial charge in [0, 0.05) is 31.7 Å². The summed E-state index contributed by atoms with van der Waals surface area (Å²) in [5.74, 6) is 0. The summed E-state index contributed by atoms with van der Waals surface area (Å²) in [5, 5.41) is 12.6. The minimum Gasteiger partial charge on any atom is -0.299 e. The summed E-state index contributed by atoms with van der Waals surface area (Å²) in [6, 6.07) is 2.40. The summed E-state index contributed by atoms with van der Waals surface area (Å²) in [7, 11) is 2.17. The fourth-order valence-corrected chi connectivity index (χ4v) is 2.44. The third kappa shape index (κ3) is 3.67. The Morgan fingerprint density at radius 2 is 2.06 bits per heavy atom. The van der Waals surface area contributed by atoms with Gasteiger partial charge < -0.3 is 0 Å². The second kappa shape index (κ2) is 5.34. The average Bonchev–Trinajstić information content (AvgIpc) is 2.23. The molecule has 0 spiro atoms. The van der Waals surface area contributed by atoms with E-state index >= 15 is 0 Å². The molecule has 0 saturated carbocycles. The summed E-state index contributed by atoms with van der Waals surface area (Å²) >= 11 is 0. The van der Waals surface area contributed by atoms with Gasteiger partial charge in [0.05, 0.1) is 6.07 Å². The molecule has 0 bridgehead atoms. The summed E-state index contributed by atoms with van der Waals surface area (Å²) in [6.07, 6.45) is 0. The van der Waals surface area contributed by atoms with Crippen LogP contribution in [0, 0.1) is 11.3 Å². The Kier molecular flexibility index (Phi) is 4.54. The summed E-state index contributed by atoms with van der Waals surface area (Å²) in [6.45, 7) is 13.3. The highest BCUT2D eigenvalue weighted by atomic mass is 15.3. The molecule has 0 aromatic heterocycles. The van der Waals surface area contributed by atoms with Gasteiger partial charge in [0.2, 0.25) is 0 Å². The van der Waals surface area contributed by atoms with Crippen molar-refractivity contribution in [2.45, 2.75) is 38.8 Å². The predicted octanol–water partition coefficient (Wildman–Crippen LogP) is 0.904. The van der Waals surface area contributed by atoms with E-state index in [1.807, 2.05) is 13.8 Å². The van der Waals surface area contributed by atoms with Crippen LogP contribution < -0.4 is 5.32 Å². The summed E-state index contributed by atoms with van der Waals surface area (Å²) < 4.78 is 0. The van der Waals surface area contributed by atoms with Gasteiger partial charge in [-0.1, -0.05) is 6.92 Å². The fourth-order valence-electron chi connectivity index (χ4n) is 2.44. The van der Waals surface area contributed by atoms with E-state index in [2.05, 4.69) is 42.1 Å². The lowest BCUT2D eigenvalue weighted by molar-refractivity contribution is 0.0315. The molecule has 1 atom stereocenters. The van der Waals surface area contributed by atoms with Crippen molar-refractivity contribution in [3.8, 4) is 6.07 Å². The minimum atomic E-state index is -0.430. The number of likely N-dealkylation sites (N-methyl/N-ethyl adjacent to an activating group) is 2. The zero-order chi connectivity index (χ0) is 13.1. The topological polar surface area (TPSA) is 42.3 Å². The normalized spacial score (nSPS) is 25.2. The lowest BCUT2D eigenvalue weighted by Crippen LogP contribution is -2.61. The molecule has 0 radical (unpaired) electrons. The molecule has 98 valence electrons. The number of nitriles is 1. The SMILES string of the molecule is CCNC(C)(C#N)CN1CCN(C)C(C)(C)C1. The van der Waals surface area contributed by atoms with Crippen molar-refractivity contribution in [1.29, 1.82) is 5.26 Å². The highest BCUT2D eigenvalue weighted by Crippen LogP contribution is 2.20. The number of nitrogens with zero attached hydrogens (tertiary/aromatic N) is 3. The van der Waals surface area contributed by atoms with Gasteiger partial charge in [-0.15, -0.1) is 0 Å². The van der Waals surface area contributed by atoms with Crippen LogP contribution >= 0.6 is 0 Å². The van der Waals surface area contributed by atoms with Crippen molar-refractivity contribution in [1.82, 2.24) is 15.1 Å². The van der Waals surface area contributed by atoms with Crippen LogP contribution in [0.1, 0.15) is 27.7 Å². The smallest absolute Gasteiger partial charge is 0.116 e. The first kappa shape index (κ1) is 14.4. The molecular formula is C13H26N4. The van der Waals surface area contributed by atoms with Crippen molar-refractivity contribution in [3.63, 3.8) is 0 Å². The lowest BCUT2D eigenvalue weighted by Gasteiger charge is -2.46. The van der Waals surface area contributed by atoms with Crippen molar-refractivity contribution in [2.75, 3.05) is 39.8 Å². The van der Waals surface area contributed by atoms with E-state index in [1.54, 1.807) is 0 Å². The molecule has 17 heavy (non-hydrogen) atoms. The van der Waals surface area contributed by atoms with Crippen LogP contribution in [0.4, 0.5) is 0 Å². The Morgan fingerprint density at radius 1 is 1.41 bits per heavy atom. The van der Waals surface area contributed by atoms with Crippen LogP contribution in [0.5, 0.6) is 0 Å². The second-order valence-corrected chi connectivity index (χ2v) is 5.92. The maximum Gasteiger partial charge on any atom is 0.116 e. The molecule has 1 aliphatic rings. The van der Waals surface area contributed by atoms with Crippen LogP contribution in [0.3, 0.4) is 0 Å². The maximum atomic E-state index is 9.28. The van der Waals surface area contributed by atoms with E-state index in [4.69, 9.17) is 0 Å². The maximum absolute atomic E-state index is 9.28. The molecule has 1 saturated heterocycles. The zero-order valence-electron chi connectivity index (χ0n) is 11.9. The molecule has 1 unspecified atom stereocenters. The van der Waals surface area contributed by atoms with Crippen molar-refractivity contribution in [2.24, 2.45) is 0 Å².